The first kappa shape index (κ1) is 22.4. The summed E-state index contributed by atoms with van der Waals surface area (Å²) in [7, 11) is 3.95. The third-order valence-electron chi connectivity index (χ3n) is 6.16. The molecule has 0 unspecified atom stereocenters. The number of allylic oxidation sites excluding steroid dienone is 1. The summed E-state index contributed by atoms with van der Waals surface area (Å²) in [5.74, 6) is -0.932. The minimum absolute atomic E-state index is 0.000784. The van der Waals surface area contributed by atoms with Gasteiger partial charge in [0, 0.05) is 35.5 Å². The average molecular weight is 486 g/mol. The van der Waals surface area contributed by atoms with Gasteiger partial charge < -0.3 is 4.90 Å². The highest BCUT2D eigenvalue weighted by molar-refractivity contribution is 7.99. The number of carbonyl (C=O) groups is 2. The Morgan fingerprint density at radius 3 is 1.91 bits per heavy atom. The predicted octanol–water partition coefficient (Wildman–Crippen LogP) is 4.72. The van der Waals surface area contributed by atoms with Gasteiger partial charge in [0.2, 0.25) is 0 Å². The molecule has 1 fully saturated rings. The van der Waals surface area contributed by atoms with E-state index >= 15 is 0 Å². The van der Waals surface area contributed by atoms with Crippen LogP contribution >= 0.6 is 24.0 Å². The minimum atomic E-state index is -0.466. The number of thiocarbonyl (C=S) groups is 1. The lowest BCUT2D eigenvalue weighted by Crippen LogP contribution is -2.51. The standard InChI is InChI=1S/C27H23N3O2S2/c1-30(2)17-13-11-16(12-14-17)20(24-25(31)28-27(33)29-26(24)32)15-21-18-7-3-5-9-22(18)34-23-10-6-4-8-19(21)23/h3-14,21H,15H2,1-2H3,(H2,28,29,31,32,33). The van der Waals surface area contributed by atoms with E-state index in [2.05, 4.69) is 34.9 Å². The van der Waals surface area contributed by atoms with Crippen molar-refractivity contribution in [3.8, 4) is 0 Å². The third kappa shape index (κ3) is 4.13. The molecule has 3 aromatic carbocycles. The second-order valence-corrected chi connectivity index (χ2v) is 9.96. The van der Waals surface area contributed by atoms with Gasteiger partial charge in [-0.05, 0) is 65.2 Å². The number of hydrogen-bond donors (Lipinski definition) is 2. The van der Waals surface area contributed by atoms with Crippen molar-refractivity contribution >= 4 is 52.2 Å². The SMILES string of the molecule is CN(C)c1ccc(C(CC2c3ccccc3Sc3ccccc32)=C2C(=O)NC(=S)NC2=O)cc1. The lowest BCUT2D eigenvalue weighted by molar-refractivity contribution is -0.123. The van der Waals surface area contributed by atoms with Crippen molar-refractivity contribution in [1.82, 2.24) is 10.6 Å². The molecule has 2 aliphatic rings. The lowest BCUT2D eigenvalue weighted by atomic mass is 9.81. The summed E-state index contributed by atoms with van der Waals surface area (Å²) < 4.78 is 0. The van der Waals surface area contributed by atoms with E-state index in [1.165, 1.54) is 20.9 Å². The molecule has 0 spiro atoms. The van der Waals surface area contributed by atoms with Gasteiger partial charge in [-0.2, -0.15) is 0 Å². The fourth-order valence-corrected chi connectivity index (χ4v) is 5.87. The van der Waals surface area contributed by atoms with E-state index in [-0.39, 0.29) is 16.6 Å². The molecule has 5 rings (SSSR count). The zero-order chi connectivity index (χ0) is 23.8. The van der Waals surface area contributed by atoms with Crippen molar-refractivity contribution in [2.75, 3.05) is 19.0 Å². The Balaban J connectivity index is 1.67. The van der Waals surface area contributed by atoms with Crippen LogP contribution in [0.3, 0.4) is 0 Å². The molecular formula is C27H23N3O2S2. The number of nitrogens with zero attached hydrogens (tertiary/aromatic N) is 1. The van der Waals surface area contributed by atoms with Gasteiger partial charge in [-0.25, -0.2) is 0 Å². The summed E-state index contributed by atoms with van der Waals surface area (Å²) >= 11 is 6.79. The van der Waals surface area contributed by atoms with Crippen molar-refractivity contribution in [3.63, 3.8) is 0 Å². The van der Waals surface area contributed by atoms with Crippen LogP contribution in [-0.2, 0) is 9.59 Å². The molecule has 2 amide bonds. The maximum absolute atomic E-state index is 13.0. The Bertz CT molecular complexity index is 1280. The molecule has 0 bridgehead atoms. The summed E-state index contributed by atoms with van der Waals surface area (Å²) in [5, 5.41) is 5.24. The first-order chi connectivity index (χ1) is 16.4. The molecule has 0 aromatic heterocycles. The Morgan fingerprint density at radius 1 is 0.853 bits per heavy atom. The number of anilines is 1. The molecule has 2 N–H and O–H groups in total. The van der Waals surface area contributed by atoms with Crippen molar-refractivity contribution in [2.24, 2.45) is 0 Å². The van der Waals surface area contributed by atoms with Crippen LogP contribution in [0.1, 0.15) is 29.0 Å². The van der Waals surface area contributed by atoms with Gasteiger partial charge in [-0.3, -0.25) is 20.2 Å². The molecule has 2 aliphatic heterocycles. The summed E-state index contributed by atoms with van der Waals surface area (Å²) in [6.07, 6.45) is 0.499. The van der Waals surface area contributed by atoms with Gasteiger partial charge in [0.05, 0.1) is 0 Å². The van der Waals surface area contributed by atoms with Crippen LogP contribution in [0.15, 0.2) is 88.2 Å². The molecule has 1 saturated heterocycles. The van der Waals surface area contributed by atoms with Crippen LogP contribution < -0.4 is 15.5 Å². The number of benzene rings is 3. The number of nitrogens with one attached hydrogen (secondary N) is 2. The second kappa shape index (κ2) is 9.08. The van der Waals surface area contributed by atoms with Gasteiger partial charge in [0.15, 0.2) is 5.11 Å². The van der Waals surface area contributed by atoms with Crippen LogP contribution in [-0.4, -0.2) is 31.0 Å². The van der Waals surface area contributed by atoms with E-state index in [4.69, 9.17) is 12.2 Å². The maximum atomic E-state index is 13.0. The van der Waals surface area contributed by atoms with E-state index in [0.717, 1.165) is 11.3 Å². The van der Waals surface area contributed by atoms with E-state index in [1.54, 1.807) is 11.8 Å². The summed E-state index contributed by atoms with van der Waals surface area (Å²) in [6, 6.07) is 24.6. The normalized spacial score (nSPS) is 15.2. The predicted molar refractivity (Wildman–Crippen MR) is 140 cm³/mol. The fourth-order valence-electron chi connectivity index (χ4n) is 4.50. The van der Waals surface area contributed by atoms with Crippen molar-refractivity contribution < 1.29 is 9.59 Å². The van der Waals surface area contributed by atoms with E-state index in [0.29, 0.717) is 12.0 Å². The lowest BCUT2D eigenvalue weighted by Gasteiger charge is -2.30. The van der Waals surface area contributed by atoms with Gasteiger partial charge >= 0.3 is 0 Å². The molecular weight excluding hydrogens is 462 g/mol. The molecule has 3 aromatic rings. The molecule has 0 aliphatic carbocycles. The largest absolute Gasteiger partial charge is 0.378 e. The Morgan fingerprint density at radius 2 is 1.38 bits per heavy atom. The van der Waals surface area contributed by atoms with Crippen molar-refractivity contribution in [1.29, 1.82) is 0 Å². The smallest absolute Gasteiger partial charge is 0.263 e. The number of fused-ring (bicyclic) bond motifs is 2. The van der Waals surface area contributed by atoms with Crippen LogP contribution in [0.5, 0.6) is 0 Å². The van der Waals surface area contributed by atoms with Crippen LogP contribution in [0.25, 0.3) is 5.57 Å². The van der Waals surface area contributed by atoms with E-state index < -0.39 is 11.8 Å². The van der Waals surface area contributed by atoms with Crippen LogP contribution in [0.4, 0.5) is 5.69 Å². The van der Waals surface area contributed by atoms with E-state index in [1.807, 2.05) is 67.5 Å². The van der Waals surface area contributed by atoms with E-state index in [9.17, 15) is 9.59 Å². The summed E-state index contributed by atoms with van der Waals surface area (Å²) in [6.45, 7) is 0. The maximum Gasteiger partial charge on any atom is 0.263 e. The van der Waals surface area contributed by atoms with Gasteiger partial charge in [0.25, 0.3) is 11.8 Å². The fraction of sp³-hybridized carbons (Fsp3) is 0.148. The molecule has 170 valence electrons. The van der Waals surface area contributed by atoms with Crippen molar-refractivity contribution in [2.45, 2.75) is 22.1 Å². The molecule has 0 saturated carbocycles. The minimum Gasteiger partial charge on any atom is -0.378 e. The number of hydrogen-bond acceptors (Lipinski definition) is 5. The molecule has 0 radical (unpaired) electrons. The molecule has 7 heteroatoms. The van der Waals surface area contributed by atoms with Crippen LogP contribution in [0.2, 0.25) is 0 Å². The molecule has 34 heavy (non-hydrogen) atoms. The number of rotatable bonds is 4. The average Bonchev–Trinajstić information content (AvgIpc) is 2.82. The highest BCUT2D eigenvalue weighted by Crippen LogP contribution is 2.49. The first-order valence-corrected chi connectivity index (χ1v) is 12.2. The number of amides is 2. The van der Waals surface area contributed by atoms with Gasteiger partial charge in [-0.15, -0.1) is 0 Å². The number of carbonyl (C=O) groups excluding carboxylic acids is 2. The molecule has 0 atom stereocenters. The third-order valence-corrected chi connectivity index (χ3v) is 7.55. The topological polar surface area (TPSA) is 61.4 Å². The zero-order valence-corrected chi connectivity index (χ0v) is 20.4. The van der Waals surface area contributed by atoms with Gasteiger partial charge in [0.1, 0.15) is 5.57 Å². The Hall–Kier alpha value is -3.42. The van der Waals surface area contributed by atoms with Crippen LogP contribution in [0, 0.1) is 0 Å². The highest BCUT2D eigenvalue weighted by Gasteiger charge is 2.33. The second-order valence-electron chi connectivity index (χ2n) is 8.47. The Kier molecular flexibility index (Phi) is 5.98. The molecule has 2 heterocycles. The quantitative estimate of drug-likeness (QED) is 0.318. The van der Waals surface area contributed by atoms with Gasteiger partial charge in [-0.1, -0.05) is 60.3 Å². The Labute approximate surface area is 208 Å². The highest BCUT2D eigenvalue weighted by atomic mass is 32.2. The first-order valence-electron chi connectivity index (χ1n) is 11.0. The monoisotopic (exact) mass is 485 g/mol. The molecule has 5 nitrogen and oxygen atoms in total. The zero-order valence-electron chi connectivity index (χ0n) is 18.8. The van der Waals surface area contributed by atoms with Crippen molar-refractivity contribution in [3.05, 3.63) is 95.1 Å². The summed E-state index contributed by atoms with van der Waals surface area (Å²) in [4.78, 5) is 30.4. The summed E-state index contributed by atoms with van der Waals surface area (Å²) in [5.41, 5.74) is 5.08.